The molecule has 0 atom stereocenters. The van der Waals surface area contributed by atoms with Crippen LogP contribution in [0.1, 0.15) is 18.9 Å². The summed E-state index contributed by atoms with van der Waals surface area (Å²) in [5, 5.41) is 0. The first kappa shape index (κ1) is 13.7. The van der Waals surface area contributed by atoms with Crippen LogP contribution < -0.4 is 9.47 Å². The van der Waals surface area contributed by atoms with Crippen molar-refractivity contribution in [1.82, 2.24) is 4.90 Å². The highest BCUT2D eigenvalue weighted by Crippen LogP contribution is 2.35. The van der Waals surface area contributed by atoms with E-state index in [1.54, 1.807) is 0 Å². The van der Waals surface area contributed by atoms with Crippen LogP contribution in [0, 0.1) is 0 Å². The van der Waals surface area contributed by atoms with E-state index in [1.165, 1.54) is 5.57 Å². The third-order valence-corrected chi connectivity index (χ3v) is 3.01. The Bertz CT molecular complexity index is 503. The normalized spacial score (nSPS) is 13.9. The van der Waals surface area contributed by atoms with Crippen molar-refractivity contribution in [3.63, 3.8) is 0 Å². The van der Waals surface area contributed by atoms with Crippen LogP contribution in [0.15, 0.2) is 36.6 Å². The van der Waals surface area contributed by atoms with Crippen LogP contribution >= 0.6 is 0 Å². The fraction of sp³-hybridized carbons (Fsp3) is 0.375. The van der Waals surface area contributed by atoms with Gasteiger partial charge < -0.3 is 14.4 Å². The van der Waals surface area contributed by atoms with E-state index >= 15 is 0 Å². The standard InChI is InChI=1S/C16H21NO2/c1-12-10-13(2)19-16-11-14(6-7-15(12)16)18-9-5-8-17(3)4/h6-7,10-11H,2,5,8-9H2,1,3-4H3. The number of benzene rings is 1. The molecule has 0 bridgehead atoms. The van der Waals surface area contributed by atoms with E-state index in [4.69, 9.17) is 9.47 Å². The summed E-state index contributed by atoms with van der Waals surface area (Å²) in [6, 6.07) is 5.96. The Labute approximate surface area is 115 Å². The van der Waals surface area contributed by atoms with Gasteiger partial charge in [0.15, 0.2) is 0 Å². The molecule has 1 aromatic carbocycles. The number of fused-ring (bicyclic) bond motifs is 1. The lowest BCUT2D eigenvalue weighted by molar-refractivity contribution is 0.280. The second-order valence-corrected chi connectivity index (χ2v) is 5.06. The monoisotopic (exact) mass is 259 g/mol. The van der Waals surface area contributed by atoms with Crippen molar-refractivity contribution in [2.24, 2.45) is 0 Å². The molecule has 102 valence electrons. The van der Waals surface area contributed by atoms with Gasteiger partial charge in [-0.05, 0) is 51.2 Å². The van der Waals surface area contributed by atoms with Crippen LogP contribution in [0.25, 0.3) is 5.57 Å². The van der Waals surface area contributed by atoms with Crippen LogP contribution in [0.2, 0.25) is 0 Å². The highest BCUT2D eigenvalue weighted by Gasteiger charge is 2.13. The number of allylic oxidation sites excluding steroid dienone is 2. The lowest BCUT2D eigenvalue weighted by Crippen LogP contribution is -2.15. The van der Waals surface area contributed by atoms with E-state index < -0.39 is 0 Å². The summed E-state index contributed by atoms with van der Waals surface area (Å²) in [6.07, 6.45) is 2.95. The second kappa shape index (κ2) is 5.93. The van der Waals surface area contributed by atoms with Gasteiger partial charge in [-0.2, -0.15) is 0 Å². The number of ether oxygens (including phenoxy) is 2. The summed E-state index contributed by atoms with van der Waals surface area (Å²) >= 11 is 0. The third-order valence-electron chi connectivity index (χ3n) is 3.01. The van der Waals surface area contributed by atoms with Gasteiger partial charge in [-0.3, -0.25) is 0 Å². The van der Waals surface area contributed by atoms with Gasteiger partial charge in [0.05, 0.1) is 6.61 Å². The molecular formula is C16H21NO2. The van der Waals surface area contributed by atoms with Gasteiger partial charge in [-0.15, -0.1) is 0 Å². The maximum atomic E-state index is 5.74. The summed E-state index contributed by atoms with van der Waals surface area (Å²) in [5.41, 5.74) is 2.28. The van der Waals surface area contributed by atoms with Crippen LogP contribution in [0.5, 0.6) is 11.5 Å². The Kier molecular flexibility index (Phi) is 4.27. The van der Waals surface area contributed by atoms with Crippen molar-refractivity contribution in [2.75, 3.05) is 27.2 Å². The average molecular weight is 259 g/mol. The number of rotatable bonds is 5. The molecule has 0 fully saturated rings. The molecule has 0 N–H and O–H groups in total. The van der Waals surface area contributed by atoms with Crippen LogP contribution in [-0.2, 0) is 0 Å². The molecule has 1 aromatic rings. The first-order valence-corrected chi connectivity index (χ1v) is 6.53. The smallest absolute Gasteiger partial charge is 0.138 e. The van der Waals surface area contributed by atoms with Crippen molar-refractivity contribution in [3.8, 4) is 11.5 Å². The fourth-order valence-corrected chi connectivity index (χ4v) is 2.06. The van der Waals surface area contributed by atoms with E-state index in [2.05, 4.69) is 32.5 Å². The largest absolute Gasteiger partial charge is 0.493 e. The Hall–Kier alpha value is -1.74. The molecule has 0 radical (unpaired) electrons. The van der Waals surface area contributed by atoms with Crippen molar-refractivity contribution >= 4 is 5.57 Å². The van der Waals surface area contributed by atoms with Crippen molar-refractivity contribution in [1.29, 1.82) is 0 Å². The van der Waals surface area contributed by atoms with E-state index in [0.717, 1.165) is 30.0 Å². The summed E-state index contributed by atoms with van der Waals surface area (Å²) < 4.78 is 11.4. The minimum absolute atomic E-state index is 0.676. The number of nitrogens with zero attached hydrogens (tertiary/aromatic N) is 1. The van der Waals surface area contributed by atoms with E-state index in [0.29, 0.717) is 12.4 Å². The minimum Gasteiger partial charge on any atom is -0.493 e. The molecule has 1 aliphatic rings. The molecule has 0 saturated carbocycles. The topological polar surface area (TPSA) is 21.7 Å². The molecule has 19 heavy (non-hydrogen) atoms. The zero-order valence-corrected chi connectivity index (χ0v) is 11.9. The summed E-state index contributed by atoms with van der Waals surface area (Å²) in [7, 11) is 4.13. The molecule has 2 rings (SSSR count). The van der Waals surface area contributed by atoms with Crippen molar-refractivity contribution < 1.29 is 9.47 Å². The first-order chi connectivity index (χ1) is 9.06. The molecule has 3 nitrogen and oxygen atoms in total. The Morgan fingerprint density at radius 2 is 2.11 bits per heavy atom. The second-order valence-electron chi connectivity index (χ2n) is 5.06. The minimum atomic E-state index is 0.676. The lowest BCUT2D eigenvalue weighted by Gasteiger charge is -2.18. The predicted molar refractivity (Wildman–Crippen MR) is 78.5 cm³/mol. The molecule has 0 unspecified atom stereocenters. The molecule has 0 aliphatic carbocycles. The lowest BCUT2D eigenvalue weighted by atomic mass is 10.0. The predicted octanol–water partition coefficient (Wildman–Crippen LogP) is 3.33. The van der Waals surface area contributed by atoms with E-state index in [1.807, 2.05) is 24.3 Å². The van der Waals surface area contributed by atoms with Gasteiger partial charge in [0.25, 0.3) is 0 Å². The highest BCUT2D eigenvalue weighted by molar-refractivity contribution is 5.74. The summed E-state index contributed by atoms with van der Waals surface area (Å²) in [6.45, 7) is 7.65. The average Bonchev–Trinajstić information content (AvgIpc) is 2.33. The molecule has 1 heterocycles. The summed E-state index contributed by atoms with van der Waals surface area (Å²) in [5.74, 6) is 2.35. The molecule has 0 aromatic heterocycles. The van der Waals surface area contributed by atoms with Crippen LogP contribution in [0.3, 0.4) is 0 Å². The van der Waals surface area contributed by atoms with Crippen molar-refractivity contribution in [2.45, 2.75) is 13.3 Å². The first-order valence-electron chi connectivity index (χ1n) is 6.53. The Morgan fingerprint density at radius 3 is 2.84 bits per heavy atom. The number of hydrogen-bond acceptors (Lipinski definition) is 3. The van der Waals surface area contributed by atoms with Gasteiger partial charge in [0, 0.05) is 18.2 Å². The van der Waals surface area contributed by atoms with E-state index in [9.17, 15) is 0 Å². The zero-order valence-electron chi connectivity index (χ0n) is 11.9. The van der Waals surface area contributed by atoms with Gasteiger partial charge in [0.2, 0.25) is 0 Å². The maximum absolute atomic E-state index is 5.74. The molecule has 1 aliphatic heterocycles. The van der Waals surface area contributed by atoms with Gasteiger partial charge in [-0.1, -0.05) is 6.58 Å². The Balaban J connectivity index is 2.00. The van der Waals surface area contributed by atoms with Gasteiger partial charge >= 0.3 is 0 Å². The molecule has 0 saturated heterocycles. The third kappa shape index (κ3) is 3.61. The van der Waals surface area contributed by atoms with Crippen LogP contribution in [-0.4, -0.2) is 32.1 Å². The van der Waals surface area contributed by atoms with Gasteiger partial charge in [0.1, 0.15) is 17.3 Å². The summed E-state index contributed by atoms with van der Waals surface area (Å²) in [4.78, 5) is 2.15. The zero-order chi connectivity index (χ0) is 13.8. The van der Waals surface area contributed by atoms with Crippen LogP contribution in [0.4, 0.5) is 0 Å². The molecule has 3 heteroatoms. The highest BCUT2D eigenvalue weighted by atomic mass is 16.5. The van der Waals surface area contributed by atoms with Crippen molar-refractivity contribution in [3.05, 3.63) is 42.2 Å². The molecule has 0 spiro atoms. The Morgan fingerprint density at radius 1 is 1.32 bits per heavy atom. The fourth-order valence-electron chi connectivity index (χ4n) is 2.06. The molecule has 0 amide bonds. The quantitative estimate of drug-likeness (QED) is 0.757. The van der Waals surface area contributed by atoms with Gasteiger partial charge in [-0.25, -0.2) is 0 Å². The van der Waals surface area contributed by atoms with E-state index in [-0.39, 0.29) is 0 Å². The number of hydrogen-bond donors (Lipinski definition) is 0. The maximum Gasteiger partial charge on any atom is 0.138 e. The SMILES string of the molecule is C=C1C=C(C)c2ccc(OCCCN(C)C)cc2O1. The molecular weight excluding hydrogens is 238 g/mol.